The summed E-state index contributed by atoms with van der Waals surface area (Å²) in [6.07, 6.45) is -0.476. The first-order chi connectivity index (χ1) is 10.5. The largest absolute Gasteiger partial charge is 0.385 e. The van der Waals surface area contributed by atoms with Crippen molar-refractivity contribution in [2.45, 2.75) is 6.10 Å². The number of nitrogens with zero attached hydrogens (tertiary/aromatic N) is 2. The van der Waals surface area contributed by atoms with Crippen LogP contribution in [0.3, 0.4) is 0 Å². The van der Waals surface area contributed by atoms with Crippen molar-refractivity contribution in [3.05, 3.63) is 33.3 Å². The zero-order chi connectivity index (χ0) is 16.1. The molecule has 1 heterocycles. The van der Waals surface area contributed by atoms with Gasteiger partial charge in [-0.3, -0.25) is 10.1 Å². The van der Waals surface area contributed by atoms with Gasteiger partial charge in [-0.15, -0.1) is 0 Å². The predicted molar refractivity (Wildman–Crippen MR) is 83.8 cm³/mol. The van der Waals surface area contributed by atoms with Gasteiger partial charge in [0.05, 0.1) is 37.7 Å². The van der Waals surface area contributed by atoms with E-state index in [0.29, 0.717) is 37.0 Å². The van der Waals surface area contributed by atoms with Crippen LogP contribution in [0.4, 0.5) is 11.4 Å². The van der Waals surface area contributed by atoms with Gasteiger partial charge in [-0.05, 0) is 12.1 Å². The fraction of sp³-hybridized carbons (Fsp3) is 0.571. The van der Waals surface area contributed by atoms with Crippen LogP contribution in [0.25, 0.3) is 0 Å². The Bertz CT molecular complexity index is 521. The molecule has 0 aromatic heterocycles. The topological polar surface area (TPSA) is 80.3 Å². The van der Waals surface area contributed by atoms with E-state index in [1.165, 1.54) is 11.0 Å². The Kier molecular flexibility index (Phi) is 5.96. The van der Waals surface area contributed by atoms with Crippen LogP contribution < -0.4 is 9.80 Å². The average Bonchev–Trinajstić information content (AvgIpc) is 2.48. The number of aliphatic hydroxyl groups excluding tert-OH is 1. The highest BCUT2D eigenvalue weighted by Gasteiger charge is 2.26. The smallest absolute Gasteiger partial charge is 0.294 e. The lowest BCUT2D eigenvalue weighted by molar-refractivity contribution is -0.903. The highest BCUT2D eigenvalue weighted by Crippen LogP contribution is 2.30. The van der Waals surface area contributed by atoms with Crippen molar-refractivity contribution in [3.63, 3.8) is 0 Å². The normalized spacial score (nSPS) is 17.5. The van der Waals surface area contributed by atoms with Gasteiger partial charge >= 0.3 is 0 Å². The maximum atomic E-state index is 11.2. The van der Waals surface area contributed by atoms with Gasteiger partial charge in [0, 0.05) is 18.2 Å². The molecule has 1 aromatic rings. The summed E-state index contributed by atoms with van der Waals surface area (Å²) in [6.45, 7) is 4.01. The summed E-state index contributed by atoms with van der Waals surface area (Å²) in [4.78, 5) is 14.0. The van der Waals surface area contributed by atoms with Crippen molar-refractivity contribution in [1.29, 1.82) is 0 Å². The number of nitrogens with one attached hydrogen (secondary N) is 1. The van der Waals surface area contributed by atoms with E-state index in [-0.39, 0.29) is 5.69 Å². The summed E-state index contributed by atoms with van der Waals surface area (Å²) in [5.74, 6) is 0. The number of nitro groups is 1. The van der Waals surface area contributed by atoms with E-state index in [1.807, 2.05) is 4.90 Å². The molecule has 1 saturated heterocycles. The number of halogens is 1. The van der Waals surface area contributed by atoms with Crippen LogP contribution in [0.5, 0.6) is 0 Å². The minimum atomic E-state index is -0.476. The minimum absolute atomic E-state index is 0.0374. The van der Waals surface area contributed by atoms with E-state index in [1.54, 1.807) is 19.2 Å². The molecule has 1 aromatic carbocycles. The van der Waals surface area contributed by atoms with Crippen LogP contribution >= 0.6 is 11.6 Å². The summed E-state index contributed by atoms with van der Waals surface area (Å²) in [7, 11) is 1.57. The zero-order valence-corrected chi connectivity index (χ0v) is 13.3. The van der Waals surface area contributed by atoms with Crippen molar-refractivity contribution >= 4 is 23.0 Å². The number of hydrogen-bond acceptors (Lipinski definition) is 5. The molecule has 0 unspecified atom stereocenters. The molecule has 0 amide bonds. The molecule has 1 fully saturated rings. The van der Waals surface area contributed by atoms with E-state index in [9.17, 15) is 15.2 Å². The Hall–Kier alpha value is -1.41. The van der Waals surface area contributed by atoms with Gasteiger partial charge in [0.1, 0.15) is 18.3 Å². The summed E-state index contributed by atoms with van der Waals surface area (Å²) in [5, 5.41) is 21.3. The minimum Gasteiger partial charge on any atom is -0.385 e. The number of nitro benzene ring substituents is 1. The van der Waals surface area contributed by atoms with Crippen molar-refractivity contribution in [2.75, 3.05) is 51.3 Å². The van der Waals surface area contributed by atoms with Crippen LogP contribution in [-0.2, 0) is 4.74 Å². The second-order valence-electron chi connectivity index (χ2n) is 5.44. The fourth-order valence-corrected chi connectivity index (χ4v) is 2.93. The van der Waals surface area contributed by atoms with E-state index < -0.39 is 11.0 Å². The molecule has 2 N–H and O–H groups in total. The van der Waals surface area contributed by atoms with Crippen molar-refractivity contribution in [1.82, 2.24) is 0 Å². The molecule has 0 radical (unpaired) electrons. The molecule has 1 aliphatic heterocycles. The number of rotatable bonds is 6. The number of quaternary nitrogens is 1. The quantitative estimate of drug-likeness (QED) is 0.565. The van der Waals surface area contributed by atoms with Gasteiger partial charge in [-0.1, -0.05) is 11.6 Å². The molecular weight excluding hydrogens is 310 g/mol. The highest BCUT2D eigenvalue weighted by molar-refractivity contribution is 6.30. The van der Waals surface area contributed by atoms with Crippen LogP contribution in [0.1, 0.15) is 0 Å². The second-order valence-corrected chi connectivity index (χ2v) is 5.88. The lowest BCUT2D eigenvalue weighted by Crippen LogP contribution is -3.16. The van der Waals surface area contributed by atoms with E-state index >= 15 is 0 Å². The third-order valence-electron chi connectivity index (χ3n) is 3.83. The summed E-state index contributed by atoms with van der Waals surface area (Å²) >= 11 is 5.84. The number of piperazine rings is 1. The Morgan fingerprint density at radius 3 is 2.77 bits per heavy atom. The number of benzene rings is 1. The maximum Gasteiger partial charge on any atom is 0.294 e. The molecule has 1 atom stereocenters. The van der Waals surface area contributed by atoms with E-state index in [2.05, 4.69) is 0 Å². The average molecular weight is 331 g/mol. The lowest BCUT2D eigenvalue weighted by atomic mass is 10.2. The van der Waals surface area contributed by atoms with Gasteiger partial charge in [0.25, 0.3) is 5.69 Å². The Balaban J connectivity index is 1.98. The first-order valence-electron chi connectivity index (χ1n) is 7.20. The summed E-state index contributed by atoms with van der Waals surface area (Å²) < 4.78 is 4.93. The first kappa shape index (κ1) is 17.0. The van der Waals surface area contributed by atoms with Crippen molar-refractivity contribution in [3.8, 4) is 0 Å². The molecule has 0 spiro atoms. The molecule has 0 bridgehead atoms. The van der Waals surface area contributed by atoms with Crippen molar-refractivity contribution < 1.29 is 19.7 Å². The summed E-state index contributed by atoms with van der Waals surface area (Å²) in [6, 6.07) is 4.76. The van der Waals surface area contributed by atoms with E-state index in [0.717, 1.165) is 13.1 Å². The van der Waals surface area contributed by atoms with Crippen LogP contribution in [0.15, 0.2) is 18.2 Å². The molecule has 0 aliphatic carbocycles. The van der Waals surface area contributed by atoms with Crippen molar-refractivity contribution in [2.24, 2.45) is 0 Å². The van der Waals surface area contributed by atoms with E-state index in [4.69, 9.17) is 16.3 Å². The Labute approximate surface area is 134 Å². The molecular formula is C14H21ClN3O4+. The number of methoxy groups -OCH3 is 1. The molecule has 0 saturated carbocycles. The van der Waals surface area contributed by atoms with Gasteiger partial charge < -0.3 is 19.6 Å². The van der Waals surface area contributed by atoms with Crippen LogP contribution in [-0.4, -0.2) is 62.6 Å². The van der Waals surface area contributed by atoms with Gasteiger partial charge in [0.15, 0.2) is 0 Å². The highest BCUT2D eigenvalue weighted by atomic mass is 35.5. The maximum absolute atomic E-state index is 11.2. The van der Waals surface area contributed by atoms with Gasteiger partial charge in [-0.25, -0.2) is 0 Å². The lowest BCUT2D eigenvalue weighted by Gasteiger charge is -2.34. The predicted octanol–water partition coefficient (Wildman–Crippen LogP) is -0.0396. The molecule has 8 heteroatoms. The third kappa shape index (κ3) is 4.30. The zero-order valence-electron chi connectivity index (χ0n) is 12.5. The molecule has 122 valence electrons. The monoisotopic (exact) mass is 330 g/mol. The molecule has 22 heavy (non-hydrogen) atoms. The van der Waals surface area contributed by atoms with Crippen LogP contribution in [0.2, 0.25) is 5.02 Å². The van der Waals surface area contributed by atoms with Gasteiger partial charge in [0.2, 0.25) is 0 Å². The molecule has 2 rings (SSSR count). The number of anilines is 1. The molecule has 7 nitrogen and oxygen atoms in total. The second kappa shape index (κ2) is 7.73. The Morgan fingerprint density at radius 2 is 2.18 bits per heavy atom. The number of aliphatic hydroxyl groups is 1. The summed E-state index contributed by atoms with van der Waals surface area (Å²) in [5.41, 5.74) is 0.640. The number of hydrogen-bond donors (Lipinski definition) is 2. The fourth-order valence-electron chi connectivity index (χ4n) is 2.76. The standard InChI is InChI=1S/C14H20ClN3O4/c1-22-10-12(19)9-16-4-6-17(7-5-16)13-3-2-11(15)8-14(13)18(20)21/h2-3,8,12,19H,4-7,9-10H2,1H3/p+1/t12-/m1/s1. The molecule has 1 aliphatic rings. The Morgan fingerprint density at radius 1 is 1.50 bits per heavy atom. The van der Waals surface area contributed by atoms with Gasteiger partial charge in [-0.2, -0.15) is 0 Å². The first-order valence-corrected chi connectivity index (χ1v) is 7.58. The third-order valence-corrected chi connectivity index (χ3v) is 4.06. The number of ether oxygens (including phenoxy) is 1. The van der Waals surface area contributed by atoms with Crippen LogP contribution in [0, 0.1) is 10.1 Å². The SMILES string of the molecule is COC[C@H](O)C[NH+]1CCN(c2ccc(Cl)cc2[N+](=O)[O-])CC1.